The molecule has 0 atom stereocenters. The lowest BCUT2D eigenvalue weighted by Crippen LogP contribution is -2.22. The summed E-state index contributed by atoms with van der Waals surface area (Å²) in [6, 6.07) is 5.35. The number of carbonyl (C=O) groups excluding carboxylic acids is 1. The normalized spacial score (nSPS) is 11.0. The number of hydrogen-bond acceptors (Lipinski definition) is 4. The van der Waals surface area contributed by atoms with E-state index in [2.05, 4.69) is 15.5 Å². The number of amides is 1. The van der Waals surface area contributed by atoms with Gasteiger partial charge in [-0.3, -0.25) is 9.78 Å². The van der Waals surface area contributed by atoms with Crippen molar-refractivity contribution in [1.82, 2.24) is 10.3 Å². The van der Waals surface area contributed by atoms with Gasteiger partial charge in [0, 0.05) is 11.6 Å². The summed E-state index contributed by atoms with van der Waals surface area (Å²) >= 11 is 6.01. The first-order valence-electron chi connectivity index (χ1n) is 5.15. The van der Waals surface area contributed by atoms with Crippen LogP contribution in [0.15, 0.2) is 29.6 Å². The molecule has 0 radical (unpaired) electrons. The van der Waals surface area contributed by atoms with Gasteiger partial charge in [-0.2, -0.15) is 0 Å². The van der Waals surface area contributed by atoms with E-state index in [1.54, 1.807) is 18.3 Å². The maximum atomic E-state index is 11.9. The molecule has 2 rings (SSSR count). The van der Waals surface area contributed by atoms with Crippen molar-refractivity contribution in [2.45, 2.75) is 6.92 Å². The lowest BCUT2D eigenvalue weighted by molar-refractivity contribution is 0.0978. The number of halogens is 1. The topological polar surface area (TPSA) is 74.6 Å². The minimum absolute atomic E-state index is 0.258. The van der Waals surface area contributed by atoms with Crippen molar-refractivity contribution < 1.29 is 10.0 Å². The number of nitrogens with zero attached hydrogens (tertiary/aromatic N) is 2. The summed E-state index contributed by atoms with van der Waals surface area (Å²) in [5.41, 5.74) is 1.76. The zero-order valence-electron chi connectivity index (χ0n) is 9.51. The first-order chi connectivity index (χ1) is 8.63. The summed E-state index contributed by atoms with van der Waals surface area (Å²) in [7, 11) is 0. The zero-order chi connectivity index (χ0) is 13.1. The lowest BCUT2D eigenvalue weighted by atomic mass is 10.1. The van der Waals surface area contributed by atoms with E-state index in [4.69, 9.17) is 16.8 Å². The number of carbonyl (C=O) groups is 1. The molecule has 0 saturated carbocycles. The van der Waals surface area contributed by atoms with Crippen LogP contribution in [-0.4, -0.2) is 22.4 Å². The standard InChI is InChI=1S/C12H10ClN3O2/c1-7-4-8-2-3-9(13)10(11(8)14-5-7)12(17)15-6-16-18/h2-6,18H,1H3,(H,15,16,17). The second-order valence-corrected chi connectivity index (χ2v) is 4.13. The number of hydrogen-bond donors (Lipinski definition) is 2. The quantitative estimate of drug-likeness (QED) is 0.378. The Morgan fingerprint density at radius 2 is 2.33 bits per heavy atom. The Morgan fingerprint density at radius 1 is 1.56 bits per heavy atom. The van der Waals surface area contributed by atoms with Gasteiger partial charge in [-0.25, -0.2) is 0 Å². The Labute approximate surface area is 108 Å². The average molecular weight is 264 g/mol. The number of aromatic nitrogens is 1. The van der Waals surface area contributed by atoms with Gasteiger partial charge in [-0.15, -0.1) is 0 Å². The van der Waals surface area contributed by atoms with Crippen molar-refractivity contribution >= 4 is 34.7 Å². The summed E-state index contributed by atoms with van der Waals surface area (Å²) in [6.07, 6.45) is 2.54. The molecule has 0 bridgehead atoms. The lowest BCUT2D eigenvalue weighted by Gasteiger charge is -2.07. The van der Waals surface area contributed by atoms with E-state index in [1.807, 2.05) is 13.0 Å². The van der Waals surface area contributed by atoms with Gasteiger partial charge in [-0.1, -0.05) is 22.8 Å². The van der Waals surface area contributed by atoms with Gasteiger partial charge in [-0.05, 0) is 24.6 Å². The SMILES string of the molecule is Cc1cnc2c(C(=O)NC=NO)c(Cl)ccc2c1. The molecule has 5 nitrogen and oxygen atoms in total. The Balaban J connectivity index is 2.61. The monoisotopic (exact) mass is 263 g/mol. The van der Waals surface area contributed by atoms with Gasteiger partial charge in [0.25, 0.3) is 5.91 Å². The maximum Gasteiger partial charge on any atom is 0.260 e. The van der Waals surface area contributed by atoms with Crippen LogP contribution in [0.5, 0.6) is 0 Å². The number of aryl methyl sites for hydroxylation is 1. The van der Waals surface area contributed by atoms with Crippen molar-refractivity contribution in [1.29, 1.82) is 0 Å². The third-order valence-electron chi connectivity index (χ3n) is 2.42. The highest BCUT2D eigenvalue weighted by atomic mass is 35.5. The predicted octanol–water partition coefficient (Wildman–Crippen LogP) is 2.34. The average Bonchev–Trinajstić information content (AvgIpc) is 2.36. The number of nitrogens with one attached hydrogen (secondary N) is 1. The molecule has 1 aromatic heterocycles. The number of pyridine rings is 1. The van der Waals surface area contributed by atoms with Gasteiger partial charge < -0.3 is 10.5 Å². The molecule has 0 unspecified atom stereocenters. The van der Waals surface area contributed by atoms with E-state index >= 15 is 0 Å². The summed E-state index contributed by atoms with van der Waals surface area (Å²) in [5.74, 6) is -0.472. The van der Waals surface area contributed by atoms with Gasteiger partial charge >= 0.3 is 0 Å². The molecule has 2 aromatic rings. The minimum Gasteiger partial charge on any atom is -0.410 e. The largest absolute Gasteiger partial charge is 0.410 e. The van der Waals surface area contributed by atoms with Gasteiger partial charge in [0.15, 0.2) is 0 Å². The molecule has 1 amide bonds. The Bertz CT molecular complexity index is 641. The van der Waals surface area contributed by atoms with Crippen molar-refractivity contribution in [3.05, 3.63) is 40.5 Å². The molecule has 0 fully saturated rings. The van der Waals surface area contributed by atoms with E-state index in [1.165, 1.54) is 0 Å². The van der Waals surface area contributed by atoms with Crippen LogP contribution >= 0.6 is 11.6 Å². The Morgan fingerprint density at radius 3 is 3.06 bits per heavy atom. The molecular weight excluding hydrogens is 254 g/mol. The van der Waals surface area contributed by atoms with Gasteiger partial charge in [0.05, 0.1) is 16.1 Å². The van der Waals surface area contributed by atoms with Crippen molar-refractivity contribution in [2.75, 3.05) is 0 Å². The third kappa shape index (κ3) is 2.26. The maximum absolute atomic E-state index is 11.9. The van der Waals surface area contributed by atoms with Crippen LogP contribution in [-0.2, 0) is 0 Å². The van der Waals surface area contributed by atoms with Crippen LogP contribution in [0.3, 0.4) is 0 Å². The molecule has 0 aliphatic rings. The molecule has 0 aliphatic carbocycles. The van der Waals surface area contributed by atoms with Crippen molar-refractivity contribution in [3.8, 4) is 0 Å². The highest BCUT2D eigenvalue weighted by Gasteiger charge is 2.14. The summed E-state index contributed by atoms with van der Waals surface area (Å²) in [4.78, 5) is 16.1. The summed E-state index contributed by atoms with van der Waals surface area (Å²) < 4.78 is 0. The molecule has 92 valence electrons. The van der Waals surface area contributed by atoms with Crippen LogP contribution in [0.2, 0.25) is 5.02 Å². The summed E-state index contributed by atoms with van der Waals surface area (Å²) in [6.45, 7) is 1.92. The minimum atomic E-state index is -0.472. The molecule has 2 N–H and O–H groups in total. The zero-order valence-corrected chi connectivity index (χ0v) is 10.3. The van der Waals surface area contributed by atoms with Crippen LogP contribution in [0.1, 0.15) is 15.9 Å². The van der Waals surface area contributed by atoms with E-state index in [-0.39, 0.29) is 5.56 Å². The van der Waals surface area contributed by atoms with Gasteiger partial charge in [0.1, 0.15) is 6.34 Å². The molecule has 6 heteroatoms. The second kappa shape index (κ2) is 5.01. The second-order valence-electron chi connectivity index (χ2n) is 3.72. The van der Waals surface area contributed by atoms with E-state index in [0.717, 1.165) is 17.3 Å². The molecule has 1 heterocycles. The third-order valence-corrected chi connectivity index (χ3v) is 2.73. The van der Waals surface area contributed by atoms with Crippen LogP contribution in [0.25, 0.3) is 10.9 Å². The molecule has 0 aliphatic heterocycles. The Hall–Kier alpha value is -2.14. The van der Waals surface area contributed by atoms with Crippen molar-refractivity contribution in [2.24, 2.45) is 5.16 Å². The number of oxime groups is 1. The highest BCUT2D eigenvalue weighted by molar-refractivity contribution is 6.35. The predicted molar refractivity (Wildman–Crippen MR) is 69.2 cm³/mol. The van der Waals surface area contributed by atoms with Crippen LogP contribution in [0, 0.1) is 6.92 Å². The molecular formula is C12H10ClN3O2. The van der Waals surface area contributed by atoms with Crippen molar-refractivity contribution in [3.63, 3.8) is 0 Å². The molecule has 18 heavy (non-hydrogen) atoms. The van der Waals surface area contributed by atoms with E-state index in [9.17, 15) is 4.79 Å². The molecule has 1 aromatic carbocycles. The number of benzene rings is 1. The van der Waals surface area contributed by atoms with Gasteiger partial charge in [0.2, 0.25) is 0 Å². The molecule has 0 spiro atoms. The number of fused-ring (bicyclic) bond motifs is 1. The number of rotatable bonds is 2. The van der Waals surface area contributed by atoms with Crippen LogP contribution < -0.4 is 5.32 Å². The fourth-order valence-electron chi connectivity index (χ4n) is 1.66. The Kier molecular flexibility index (Phi) is 3.43. The fraction of sp³-hybridized carbons (Fsp3) is 0.0833. The highest BCUT2D eigenvalue weighted by Crippen LogP contribution is 2.25. The fourth-order valence-corrected chi connectivity index (χ4v) is 1.90. The first-order valence-corrected chi connectivity index (χ1v) is 5.53. The molecule has 0 saturated heterocycles. The smallest absolute Gasteiger partial charge is 0.260 e. The van der Waals surface area contributed by atoms with E-state index < -0.39 is 5.91 Å². The van der Waals surface area contributed by atoms with Crippen LogP contribution in [0.4, 0.5) is 0 Å². The first kappa shape index (κ1) is 12.3. The van der Waals surface area contributed by atoms with E-state index in [0.29, 0.717) is 10.5 Å². The summed E-state index contributed by atoms with van der Waals surface area (Å²) in [5, 5.41) is 14.4.